The van der Waals surface area contributed by atoms with Gasteiger partial charge in [-0.2, -0.15) is 0 Å². The van der Waals surface area contributed by atoms with Gasteiger partial charge in [-0.3, -0.25) is 4.98 Å². The summed E-state index contributed by atoms with van der Waals surface area (Å²) in [7, 11) is 0. The number of halogens is 3. The Hall–Kier alpha value is -1.52. The van der Waals surface area contributed by atoms with Gasteiger partial charge in [0.05, 0.1) is 17.3 Å². The molecule has 0 saturated heterocycles. The third kappa shape index (κ3) is 2.28. The van der Waals surface area contributed by atoms with E-state index < -0.39 is 11.6 Å². The van der Waals surface area contributed by atoms with E-state index in [1.54, 1.807) is 0 Å². The van der Waals surface area contributed by atoms with Gasteiger partial charge in [0.2, 0.25) is 0 Å². The highest BCUT2D eigenvalue weighted by molar-refractivity contribution is 6.30. The molecule has 2 aromatic rings. The zero-order valence-electron chi connectivity index (χ0n) is 8.62. The van der Waals surface area contributed by atoms with Crippen molar-refractivity contribution in [1.29, 1.82) is 0 Å². The second kappa shape index (κ2) is 4.77. The molecule has 1 aromatic heterocycles. The molecule has 2 rings (SSSR count). The molecule has 0 fully saturated rings. The Kier molecular flexibility index (Phi) is 3.36. The second-order valence-corrected chi connectivity index (χ2v) is 3.86. The van der Waals surface area contributed by atoms with Crippen LogP contribution in [0.5, 0.6) is 0 Å². The smallest absolute Gasteiger partial charge is 0.168 e. The summed E-state index contributed by atoms with van der Waals surface area (Å²) in [6.07, 6.45) is 1.32. The topological polar surface area (TPSA) is 33.1 Å². The van der Waals surface area contributed by atoms with Crippen LogP contribution in [0.15, 0.2) is 30.5 Å². The van der Waals surface area contributed by atoms with Crippen molar-refractivity contribution in [2.24, 2.45) is 0 Å². The van der Waals surface area contributed by atoms with Crippen LogP contribution < -0.4 is 0 Å². The van der Waals surface area contributed by atoms with Crippen molar-refractivity contribution in [3.63, 3.8) is 0 Å². The van der Waals surface area contributed by atoms with Crippen LogP contribution in [0.2, 0.25) is 5.02 Å². The molecule has 0 unspecified atom stereocenters. The highest BCUT2D eigenvalue weighted by atomic mass is 35.5. The second-order valence-electron chi connectivity index (χ2n) is 3.42. The fraction of sp³-hybridized carbons (Fsp3) is 0.0833. The molecule has 88 valence electrons. The van der Waals surface area contributed by atoms with Gasteiger partial charge in [0.1, 0.15) is 0 Å². The van der Waals surface area contributed by atoms with Gasteiger partial charge < -0.3 is 5.11 Å². The fourth-order valence-electron chi connectivity index (χ4n) is 1.53. The van der Waals surface area contributed by atoms with E-state index in [-0.39, 0.29) is 17.9 Å². The Balaban J connectivity index is 2.64. The van der Waals surface area contributed by atoms with Crippen LogP contribution in [0.1, 0.15) is 5.56 Å². The Bertz CT molecular complexity index is 560. The maximum Gasteiger partial charge on any atom is 0.168 e. The molecule has 0 aliphatic carbocycles. The summed E-state index contributed by atoms with van der Waals surface area (Å²) in [6.45, 7) is -0.348. The third-order valence-electron chi connectivity index (χ3n) is 2.31. The highest BCUT2D eigenvalue weighted by Crippen LogP contribution is 2.27. The molecule has 0 aliphatic heterocycles. The lowest BCUT2D eigenvalue weighted by atomic mass is 10.1. The van der Waals surface area contributed by atoms with E-state index in [2.05, 4.69) is 4.98 Å². The Morgan fingerprint density at radius 3 is 2.76 bits per heavy atom. The quantitative estimate of drug-likeness (QED) is 0.894. The van der Waals surface area contributed by atoms with Crippen molar-refractivity contribution in [2.75, 3.05) is 0 Å². The molecule has 0 saturated carbocycles. The van der Waals surface area contributed by atoms with Gasteiger partial charge in [0.15, 0.2) is 11.6 Å². The van der Waals surface area contributed by atoms with Gasteiger partial charge in [0, 0.05) is 17.3 Å². The summed E-state index contributed by atoms with van der Waals surface area (Å²) >= 11 is 5.71. The first-order valence-corrected chi connectivity index (χ1v) is 5.21. The van der Waals surface area contributed by atoms with Crippen LogP contribution in [0, 0.1) is 11.6 Å². The molecule has 1 heterocycles. The number of aromatic nitrogens is 1. The SMILES string of the molecule is OCc1cc(Cl)cnc1-c1cccc(F)c1F. The minimum atomic E-state index is -0.989. The number of pyridine rings is 1. The van der Waals surface area contributed by atoms with Crippen LogP contribution in [0.4, 0.5) is 8.78 Å². The molecular weight excluding hydrogens is 248 g/mol. The summed E-state index contributed by atoms with van der Waals surface area (Å²) in [5, 5.41) is 9.48. The molecule has 17 heavy (non-hydrogen) atoms. The maximum atomic E-state index is 13.6. The van der Waals surface area contributed by atoms with Crippen molar-refractivity contribution in [3.8, 4) is 11.3 Å². The van der Waals surface area contributed by atoms with Gasteiger partial charge in [-0.1, -0.05) is 17.7 Å². The van der Waals surface area contributed by atoms with Crippen molar-refractivity contribution < 1.29 is 13.9 Å². The average molecular weight is 256 g/mol. The van der Waals surface area contributed by atoms with Gasteiger partial charge in [-0.25, -0.2) is 8.78 Å². The zero-order valence-corrected chi connectivity index (χ0v) is 9.38. The van der Waals surface area contributed by atoms with Crippen molar-refractivity contribution in [2.45, 2.75) is 6.61 Å². The number of rotatable bonds is 2. The van der Waals surface area contributed by atoms with Crippen molar-refractivity contribution in [1.82, 2.24) is 4.98 Å². The van der Waals surface area contributed by atoms with Crippen LogP contribution in [0.25, 0.3) is 11.3 Å². The van der Waals surface area contributed by atoms with E-state index in [4.69, 9.17) is 16.7 Å². The summed E-state index contributed by atoms with van der Waals surface area (Å²) < 4.78 is 26.7. The van der Waals surface area contributed by atoms with Crippen LogP contribution in [-0.2, 0) is 6.61 Å². The lowest BCUT2D eigenvalue weighted by Crippen LogP contribution is -1.97. The predicted octanol–water partition coefficient (Wildman–Crippen LogP) is 3.17. The Morgan fingerprint density at radius 2 is 2.06 bits per heavy atom. The van der Waals surface area contributed by atoms with E-state index in [0.717, 1.165) is 6.07 Å². The summed E-state index contributed by atoms with van der Waals surface area (Å²) in [5.74, 6) is -1.94. The lowest BCUT2D eigenvalue weighted by Gasteiger charge is -2.08. The largest absolute Gasteiger partial charge is 0.392 e. The third-order valence-corrected chi connectivity index (χ3v) is 2.52. The molecule has 0 bridgehead atoms. The number of aliphatic hydroxyl groups is 1. The maximum absolute atomic E-state index is 13.6. The molecule has 0 amide bonds. The van der Waals surface area contributed by atoms with Gasteiger partial charge in [-0.15, -0.1) is 0 Å². The molecule has 0 aliphatic rings. The summed E-state index contributed by atoms with van der Waals surface area (Å²) in [6, 6.07) is 5.26. The van der Waals surface area contributed by atoms with Crippen LogP contribution >= 0.6 is 11.6 Å². The van der Waals surface area contributed by atoms with E-state index in [1.807, 2.05) is 0 Å². The monoisotopic (exact) mass is 255 g/mol. The molecule has 0 radical (unpaired) electrons. The number of nitrogens with zero attached hydrogens (tertiary/aromatic N) is 1. The van der Waals surface area contributed by atoms with E-state index in [0.29, 0.717) is 10.6 Å². The number of hydrogen-bond acceptors (Lipinski definition) is 2. The standard InChI is InChI=1S/C12H8ClF2NO/c13-8-4-7(6-17)12(16-5-8)9-2-1-3-10(14)11(9)15/h1-5,17H,6H2. The molecular formula is C12H8ClF2NO. The molecule has 0 spiro atoms. The first-order chi connectivity index (χ1) is 8.13. The first-order valence-electron chi connectivity index (χ1n) is 4.83. The van der Waals surface area contributed by atoms with E-state index in [1.165, 1.54) is 24.4 Å². The van der Waals surface area contributed by atoms with Crippen molar-refractivity contribution >= 4 is 11.6 Å². The van der Waals surface area contributed by atoms with E-state index >= 15 is 0 Å². The molecule has 5 heteroatoms. The number of aliphatic hydroxyl groups excluding tert-OH is 1. The summed E-state index contributed by atoms with van der Waals surface area (Å²) in [4.78, 5) is 3.92. The van der Waals surface area contributed by atoms with Crippen LogP contribution in [-0.4, -0.2) is 10.1 Å². The predicted molar refractivity (Wildman–Crippen MR) is 60.5 cm³/mol. The number of benzene rings is 1. The van der Waals surface area contributed by atoms with Crippen molar-refractivity contribution in [3.05, 3.63) is 52.7 Å². The first kappa shape index (κ1) is 12.0. The zero-order chi connectivity index (χ0) is 12.4. The average Bonchev–Trinajstić information content (AvgIpc) is 2.33. The minimum absolute atomic E-state index is 0.00529. The lowest BCUT2D eigenvalue weighted by molar-refractivity contribution is 0.282. The Labute approximate surface area is 102 Å². The normalized spacial score (nSPS) is 10.6. The van der Waals surface area contributed by atoms with E-state index in [9.17, 15) is 8.78 Å². The molecule has 1 aromatic carbocycles. The van der Waals surface area contributed by atoms with Gasteiger partial charge >= 0.3 is 0 Å². The molecule has 2 nitrogen and oxygen atoms in total. The number of hydrogen-bond donors (Lipinski definition) is 1. The summed E-state index contributed by atoms with van der Waals surface area (Å²) in [5.41, 5.74) is 0.543. The van der Waals surface area contributed by atoms with Gasteiger partial charge in [0.25, 0.3) is 0 Å². The Morgan fingerprint density at radius 1 is 1.29 bits per heavy atom. The minimum Gasteiger partial charge on any atom is -0.392 e. The molecule has 1 N–H and O–H groups in total. The van der Waals surface area contributed by atoms with Crippen LogP contribution in [0.3, 0.4) is 0 Å². The molecule has 0 atom stereocenters. The fourth-order valence-corrected chi connectivity index (χ4v) is 1.71. The highest BCUT2D eigenvalue weighted by Gasteiger charge is 2.14. The van der Waals surface area contributed by atoms with Gasteiger partial charge in [-0.05, 0) is 18.2 Å².